The quantitative estimate of drug-likeness (QED) is 0.148. The van der Waals surface area contributed by atoms with E-state index in [1.807, 2.05) is 0 Å². The first kappa shape index (κ1) is 29.9. The largest absolute Gasteiger partial charge is 0.453 e. The van der Waals surface area contributed by atoms with Crippen molar-refractivity contribution in [1.82, 2.24) is 14.1 Å². The van der Waals surface area contributed by atoms with E-state index in [0.29, 0.717) is 0 Å². The lowest BCUT2D eigenvalue weighted by Gasteiger charge is -2.54. The van der Waals surface area contributed by atoms with Crippen LogP contribution in [-0.4, -0.2) is 20.8 Å². The van der Waals surface area contributed by atoms with Crippen molar-refractivity contribution >= 4 is 77.5 Å². The van der Waals surface area contributed by atoms with E-state index in [0.717, 1.165) is 28.4 Å². The van der Waals surface area contributed by atoms with Crippen molar-refractivity contribution < 1.29 is 4.74 Å². The molecule has 2 aromatic heterocycles. The number of fused-ring (bicyclic) bond motifs is 10. The molecule has 6 aromatic carbocycles. The van der Waals surface area contributed by atoms with Crippen LogP contribution in [0.2, 0.25) is 0 Å². The zero-order chi connectivity index (χ0) is 36.0. The molecule has 0 spiro atoms. The van der Waals surface area contributed by atoms with Crippen molar-refractivity contribution in [3.8, 4) is 22.9 Å². The molecular formula is C49H40BN3O. The zero-order valence-electron chi connectivity index (χ0n) is 31.5. The van der Waals surface area contributed by atoms with Gasteiger partial charge >= 0.3 is 0 Å². The maximum Gasteiger partial charge on any atom is 0.252 e. The van der Waals surface area contributed by atoms with Crippen LogP contribution in [0.1, 0.15) is 77.3 Å². The number of rotatable bonds is 0. The first-order valence-electron chi connectivity index (χ1n) is 19.9. The van der Waals surface area contributed by atoms with Gasteiger partial charge in [0, 0.05) is 27.4 Å². The summed E-state index contributed by atoms with van der Waals surface area (Å²) >= 11 is 0. The first-order chi connectivity index (χ1) is 26.1. The Bertz CT molecular complexity index is 3170. The molecule has 0 amide bonds. The number of hydrogen-bond donors (Lipinski definition) is 0. The van der Waals surface area contributed by atoms with Gasteiger partial charge in [0.25, 0.3) is 6.71 Å². The molecule has 6 aliphatic rings. The van der Waals surface area contributed by atoms with E-state index >= 15 is 0 Å². The number of nitrogens with zero attached hydrogens (tertiary/aromatic N) is 3. The van der Waals surface area contributed by atoms with Crippen LogP contribution in [0.5, 0.6) is 11.5 Å². The maximum atomic E-state index is 7.12. The molecule has 54 heavy (non-hydrogen) atoms. The van der Waals surface area contributed by atoms with Crippen molar-refractivity contribution in [2.75, 3.05) is 0 Å². The highest BCUT2D eigenvalue weighted by atomic mass is 16.5. The number of aromatic nitrogens is 3. The van der Waals surface area contributed by atoms with Gasteiger partial charge in [-0.2, -0.15) is 0 Å². The number of imidazole rings is 1. The van der Waals surface area contributed by atoms with Crippen molar-refractivity contribution in [1.29, 1.82) is 0 Å². The fourth-order valence-electron chi connectivity index (χ4n) is 11.8. The summed E-state index contributed by atoms with van der Waals surface area (Å²) in [6.07, 6.45) is 4.94. The third-order valence-corrected chi connectivity index (χ3v) is 14.3. The molecule has 4 nitrogen and oxygen atoms in total. The lowest BCUT2D eigenvalue weighted by atomic mass is 9.31. The van der Waals surface area contributed by atoms with E-state index in [1.165, 1.54) is 96.8 Å². The predicted octanol–water partition coefficient (Wildman–Crippen LogP) is 10.2. The van der Waals surface area contributed by atoms with Crippen molar-refractivity contribution in [2.45, 2.75) is 76.5 Å². The molecule has 3 aliphatic carbocycles. The summed E-state index contributed by atoms with van der Waals surface area (Å²) in [7, 11) is 0. The smallest absolute Gasteiger partial charge is 0.252 e. The Balaban J connectivity index is 1.35. The average molecular weight is 698 g/mol. The standard InChI is InChI=1S/C49H40BN3O/c1-47(2,3)46-51-35-26-33-39(49(5)24-22-48(33,4)23-25-49)41-44(35)52(46)36-20-21-38-45-40(36)50(41)34-18-10-16-31-29-14-8-6-12-27(29)28-13-7-9-15-30(28)32-17-11-19-37(54-38)43(32)53(45)42(31)34/h6-21,26H,22-25H2,1-5H3. The van der Waals surface area contributed by atoms with E-state index in [1.54, 1.807) is 11.1 Å². The minimum Gasteiger partial charge on any atom is -0.453 e. The van der Waals surface area contributed by atoms with E-state index < -0.39 is 0 Å². The highest BCUT2D eigenvalue weighted by molar-refractivity contribution is 7.00. The Kier molecular flexibility index (Phi) is 5.19. The topological polar surface area (TPSA) is 32.0 Å². The number of ether oxygens (including phenoxy) is 1. The summed E-state index contributed by atoms with van der Waals surface area (Å²) in [5.41, 5.74) is 14.7. The molecule has 260 valence electrons. The average Bonchev–Trinajstić information content (AvgIpc) is 3.59. The van der Waals surface area contributed by atoms with Gasteiger partial charge in [-0.1, -0.05) is 113 Å². The molecule has 3 aliphatic heterocycles. The molecule has 0 atom stereocenters. The van der Waals surface area contributed by atoms with Crippen molar-refractivity contribution in [3.05, 3.63) is 120 Å². The third kappa shape index (κ3) is 3.34. The lowest BCUT2D eigenvalue weighted by Crippen LogP contribution is -2.63. The van der Waals surface area contributed by atoms with Crippen LogP contribution in [0, 0.1) is 0 Å². The Hall–Kier alpha value is -5.55. The van der Waals surface area contributed by atoms with Gasteiger partial charge in [-0.3, -0.25) is 4.57 Å². The second kappa shape index (κ2) is 9.39. The Morgan fingerprint density at radius 2 is 1.22 bits per heavy atom. The molecule has 1 fully saturated rings. The Labute approximate surface area is 314 Å². The van der Waals surface area contributed by atoms with Gasteiger partial charge in [0.05, 0.1) is 22.2 Å². The van der Waals surface area contributed by atoms with Gasteiger partial charge in [0.15, 0.2) is 11.5 Å². The van der Waals surface area contributed by atoms with Gasteiger partial charge < -0.3 is 9.30 Å². The fourth-order valence-corrected chi connectivity index (χ4v) is 11.8. The molecule has 0 unspecified atom stereocenters. The highest BCUT2D eigenvalue weighted by Crippen LogP contribution is 2.57. The Morgan fingerprint density at radius 3 is 1.91 bits per heavy atom. The lowest BCUT2D eigenvalue weighted by molar-refractivity contribution is 0.189. The van der Waals surface area contributed by atoms with Gasteiger partial charge in [-0.25, -0.2) is 4.98 Å². The molecule has 5 heterocycles. The minimum absolute atomic E-state index is 0.0306. The van der Waals surface area contributed by atoms with Gasteiger partial charge in [0.1, 0.15) is 5.82 Å². The minimum atomic E-state index is -0.166. The van der Waals surface area contributed by atoms with Crippen LogP contribution >= 0.6 is 0 Å². The van der Waals surface area contributed by atoms with Crippen LogP contribution in [0.3, 0.4) is 0 Å². The molecule has 1 saturated carbocycles. The van der Waals surface area contributed by atoms with E-state index in [9.17, 15) is 0 Å². The number of benzene rings is 6. The first-order valence-corrected chi connectivity index (χ1v) is 19.9. The van der Waals surface area contributed by atoms with Crippen LogP contribution in [0.15, 0.2) is 103 Å². The second-order valence-corrected chi connectivity index (χ2v) is 18.4. The van der Waals surface area contributed by atoms with Crippen molar-refractivity contribution in [3.63, 3.8) is 0 Å². The van der Waals surface area contributed by atoms with E-state index in [4.69, 9.17) is 9.72 Å². The fraction of sp³-hybridized carbons (Fsp3) is 0.245. The third-order valence-electron chi connectivity index (χ3n) is 14.3. The number of hydrogen-bond acceptors (Lipinski definition) is 2. The van der Waals surface area contributed by atoms with Crippen molar-refractivity contribution in [2.24, 2.45) is 0 Å². The molecule has 14 rings (SSSR count). The van der Waals surface area contributed by atoms with E-state index in [2.05, 4.69) is 147 Å². The SMILES string of the molecule is CC(C)(C)c1nc2cc3c(c4c2n1-c1ccc2c5c1B4c1cccc4c6ccccc6c6ccccc6c6cccc(c6n-5c14)O2)C1(C)CCC3(C)CC1. The van der Waals surface area contributed by atoms with Crippen LogP contribution in [0.4, 0.5) is 0 Å². The molecule has 8 aromatic rings. The molecule has 2 bridgehead atoms. The van der Waals surface area contributed by atoms with Crippen LogP contribution in [0.25, 0.3) is 65.8 Å². The zero-order valence-corrected chi connectivity index (χ0v) is 31.5. The normalized spacial score (nSPS) is 21.0. The molecule has 5 heteroatoms. The van der Waals surface area contributed by atoms with E-state index in [-0.39, 0.29) is 23.0 Å². The summed E-state index contributed by atoms with van der Waals surface area (Å²) in [4.78, 5) is 5.63. The van der Waals surface area contributed by atoms with Crippen LogP contribution < -0.4 is 21.1 Å². The van der Waals surface area contributed by atoms with Gasteiger partial charge in [-0.05, 0) is 110 Å². The molecule has 0 radical (unpaired) electrons. The summed E-state index contributed by atoms with van der Waals surface area (Å²) in [5.74, 6) is 2.95. The molecular weight excluding hydrogens is 657 g/mol. The van der Waals surface area contributed by atoms with Gasteiger partial charge in [-0.15, -0.1) is 0 Å². The van der Waals surface area contributed by atoms with Crippen LogP contribution in [-0.2, 0) is 16.2 Å². The Morgan fingerprint density at radius 1 is 0.611 bits per heavy atom. The second-order valence-electron chi connectivity index (χ2n) is 18.4. The highest BCUT2D eigenvalue weighted by Gasteiger charge is 2.53. The maximum absolute atomic E-state index is 7.12. The summed E-state index contributed by atoms with van der Waals surface area (Å²) in [5, 5.41) is 7.44. The monoisotopic (exact) mass is 697 g/mol. The molecule has 0 saturated heterocycles. The number of para-hydroxylation sites is 2. The van der Waals surface area contributed by atoms with Gasteiger partial charge in [0.2, 0.25) is 0 Å². The summed E-state index contributed by atoms with van der Waals surface area (Å²) in [6, 6.07) is 38.8. The molecule has 0 N–H and O–H groups in total. The predicted molar refractivity (Wildman–Crippen MR) is 225 cm³/mol. The summed E-state index contributed by atoms with van der Waals surface area (Å²) < 4.78 is 12.3. The summed E-state index contributed by atoms with van der Waals surface area (Å²) in [6.45, 7) is 12.1.